The fraction of sp³-hybridized carbons (Fsp3) is 0.182. The Morgan fingerprint density at radius 3 is 2.47 bits per heavy atom. The van der Waals surface area contributed by atoms with Crippen molar-refractivity contribution >= 4 is 29.1 Å². The Balaban J connectivity index is 1.75. The number of methoxy groups -OCH3 is 2. The average molecular weight is 428 g/mol. The van der Waals surface area contributed by atoms with Crippen molar-refractivity contribution < 1.29 is 19.1 Å². The molecule has 0 radical (unpaired) electrons. The Bertz CT molecular complexity index is 1050. The lowest BCUT2D eigenvalue weighted by Crippen LogP contribution is -2.35. The Morgan fingerprint density at radius 1 is 1.07 bits per heavy atom. The van der Waals surface area contributed by atoms with Gasteiger partial charge in [0, 0.05) is 37.3 Å². The standard InChI is InChI=1S/C22H22ClN3O4/c1-25(14-21(27)24-15-7-6-8-16(11-15)29-2)22(28)17-12-18(23)19(13-20(17)30-3)26-9-4-5-10-26/h4-13H,14H2,1-3H3,(H,24,27). The molecule has 0 atom stereocenters. The van der Waals surface area contributed by atoms with E-state index in [1.165, 1.54) is 12.0 Å². The summed E-state index contributed by atoms with van der Waals surface area (Å²) in [7, 11) is 4.57. The first-order valence-corrected chi connectivity index (χ1v) is 9.51. The molecule has 0 aliphatic carbocycles. The molecule has 8 heteroatoms. The number of halogens is 1. The van der Waals surface area contributed by atoms with Crippen LogP contribution in [0.5, 0.6) is 11.5 Å². The van der Waals surface area contributed by atoms with Gasteiger partial charge in [-0.15, -0.1) is 0 Å². The number of ether oxygens (including phenoxy) is 2. The summed E-state index contributed by atoms with van der Waals surface area (Å²) in [4.78, 5) is 26.6. The smallest absolute Gasteiger partial charge is 0.257 e. The van der Waals surface area contributed by atoms with Crippen LogP contribution in [0.4, 0.5) is 5.69 Å². The summed E-state index contributed by atoms with van der Waals surface area (Å²) < 4.78 is 12.4. The van der Waals surface area contributed by atoms with Gasteiger partial charge in [0.05, 0.1) is 37.0 Å². The van der Waals surface area contributed by atoms with E-state index in [-0.39, 0.29) is 23.9 Å². The minimum Gasteiger partial charge on any atom is -0.497 e. The number of amides is 2. The topological polar surface area (TPSA) is 72.8 Å². The van der Waals surface area contributed by atoms with E-state index in [1.54, 1.807) is 50.6 Å². The molecule has 156 valence electrons. The van der Waals surface area contributed by atoms with Crippen molar-refractivity contribution in [2.75, 3.05) is 33.1 Å². The quantitative estimate of drug-likeness (QED) is 0.621. The molecule has 0 bridgehead atoms. The van der Waals surface area contributed by atoms with E-state index in [9.17, 15) is 9.59 Å². The fourth-order valence-corrected chi connectivity index (χ4v) is 3.23. The van der Waals surface area contributed by atoms with E-state index in [2.05, 4.69) is 5.32 Å². The molecule has 30 heavy (non-hydrogen) atoms. The molecule has 1 aromatic heterocycles. The van der Waals surface area contributed by atoms with Crippen molar-refractivity contribution in [2.45, 2.75) is 0 Å². The number of benzene rings is 2. The minimum atomic E-state index is -0.381. The van der Waals surface area contributed by atoms with E-state index in [0.717, 1.165) is 0 Å². The molecule has 1 N–H and O–H groups in total. The molecule has 3 aromatic rings. The van der Waals surface area contributed by atoms with Crippen LogP contribution in [0.25, 0.3) is 5.69 Å². The van der Waals surface area contributed by atoms with Gasteiger partial charge in [-0.1, -0.05) is 17.7 Å². The van der Waals surface area contributed by atoms with Crippen LogP contribution in [0.3, 0.4) is 0 Å². The third kappa shape index (κ3) is 4.75. The van der Waals surface area contributed by atoms with Gasteiger partial charge in [0.1, 0.15) is 11.5 Å². The van der Waals surface area contributed by atoms with Gasteiger partial charge in [-0.05, 0) is 30.3 Å². The molecular formula is C22H22ClN3O4. The Hall–Kier alpha value is -3.45. The Morgan fingerprint density at radius 2 is 1.80 bits per heavy atom. The summed E-state index contributed by atoms with van der Waals surface area (Å²) >= 11 is 6.40. The SMILES string of the molecule is COc1cccc(NC(=O)CN(C)C(=O)c2cc(Cl)c(-n3cccc3)cc2OC)c1. The number of hydrogen-bond acceptors (Lipinski definition) is 4. The zero-order chi connectivity index (χ0) is 21.7. The fourth-order valence-electron chi connectivity index (χ4n) is 2.97. The van der Waals surface area contributed by atoms with Crippen molar-refractivity contribution in [3.05, 3.63) is 71.5 Å². The third-order valence-electron chi connectivity index (χ3n) is 4.46. The summed E-state index contributed by atoms with van der Waals surface area (Å²) in [5, 5.41) is 3.14. The minimum absolute atomic E-state index is 0.143. The number of likely N-dealkylation sites (N-methyl/N-ethyl adjacent to an activating group) is 1. The lowest BCUT2D eigenvalue weighted by atomic mass is 10.1. The van der Waals surface area contributed by atoms with Gasteiger partial charge < -0.3 is 24.3 Å². The number of anilines is 1. The number of nitrogens with zero attached hydrogens (tertiary/aromatic N) is 2. The van der Waals surface area contributed by atoms with Crippen LogP contribution in [0.15, 0.2) is 60.9 Å². The number of carbonyl (C=O) groups is 2. The molecule has 0 unspecified atom stereocenters. The highest BCUT2D eigenvalue weighted by atomic mass is 35.5. The normalized spacial score (nSPS) is 10.4. The van der Waals surface area contributed by atoms with Crippen LogP contribution in [0.1, 0.15) is 10.4 Å². The highest BCUT2D eigenvalue weighted by molar-refractivity contribution is 6.33. The molecule has 0 spiro atoms. The Kier molecular flexibility index (Phi) is 6.64. The third-order valence-corrected chi connectivity index (χ3v) is 4.77. The molecule has 1 heterocycles. The van der Waals surface area contributed by atoms with E-state index < -0.39 is 0 Å². The molecule has 0 saturated carbocycles. The first kappa shape index (κ1) is 21.3. The maximum atomic E-state index is 12.9. The van der Waals surface area contributed by atoms with Crippen LogP contribution >= 0.6 is 11.6 Å². The highest BCUT2D eigenvalue weighted by Crippen LogP contribution is 2.30. The maximum absolute atomic E-state index is 12.9. The predicted molar refractivity (Wildman–Crippen MR) is 116 cm³/mol. The molecule has 2 aromatic carbocycles. The van der Waals surface area contributed by atoms with E-state index in [4.69, 9.17) is 21.1 Å². The zero-order valence-corrected chi connectivity index (χ0v) is 17.6. The van der Waals surface area contributed by atoms with Gasteiger partial charge in [0.25, 0.3) is 5.91 Å². The van der Waals surface area contributed by atoms with E-state index >= 15 is 0 Å². The number of rotatable bonds is 7. The van der Waals surface area contributed by atoms with Gasteiger partial charge in [0.2, 0.25) is 5.91 Å². The summed E-state index contributed by atoms with van der Waals surface area (Å²) in [5.41, 5.74) is 1.54. The monoisotopic (exact) mass is 427 g/mol. The van der Waals surface area contributed by atoms with Crippen molar-refractivity contribution in [3.8, 4) is 17.2 Å². The van der Waals surface area contributed by atoms with Gasteiger partial charge in [0.15, 0.2) is 0 Å². The number of aromatic nitrogens is 1. The molecule has 0 saturated heterocycles. The lowest BCUT2D eigenvalue weighted by molar-refractivity contribution is -0.116. The second-order valence-corrected chi connectivity index (χ2v) is 6.94. The van der Waals surface area contributed by atoms with Crippen molar-refractivity contribution in [1.29, 1.82) is 0 Å². The largest absolute Gasteiger partial charge is 0.497 e. The molecule has 0 aliphatic rings. The Labute approximate surface area is 179 Å². The number of nitrogens with one attached hydrogen (secondary N) is 1. The summed E-state index contributed by atoms with van der Waals surface area (Å²) in [5.74, 6) is 0.272. The number of carbonyl (C=O) groups excluding carboxylic acids is 2. The van der Waals surface area contributed by atoms with Crippen LogP contribution in [-0.2, 0) is 4.79 Å². The molecule has 0 fully saturated rings. The van der Waals surface area contributed by atoms with Crippen LogP contribution in [0.2, 0.25) is 5.02 Å². The second-order valence-electron chi connectivity index (χ2n) is 6.54. The van der Waals surface area contributed by atoms with Gasteiger partial charge >= 0.3 is 0 Å². The van der Waals surface area contributed by atoms with Crippen LogP contribution < -0.4 is 14.8 Å². The highest BCUT2D eigenvalue weighted by Gasteiger charge is 2.21. The molecule has 3 rings (SSSR count). The molecular weight excluding hydrogens is 406 g/mol. The molecule has 7 nitrogen and oxygen atoms in total. The summed E-state index contributed by atoms with van der Waals surface area (Å²) in [6, 6.07) is 14.0. The van der Waals surface area contributed by atoms with Gasteiger partial charge in [-0.3, -0.25) is 9.59 Å². The van der Waals surface area contributed by atoms with Crippen molar-refractivity contribution in [2.24, 2.45) is 0 Å². The van der Waals surface area contributed by atoms with Crippen LogP contribution in [0, 0.1) is 0 Å². The van der Waals surface area contributed by atoms with Gasteiger partial charge in [-0.25, -0.2) is 0 Å². The van der Waals surface area contributed by atoms with E-state index in [1.807, 2.05) is 29.1 Å². The first-order valence-electron chi connectivity index (χ1n) is 9.13. The first-order chi connectivity index (χ1) is 14.4. The lowest BCUT2D eigenvalue weighted by Gasteiger charge is -2.19. The summed E-state index contributed by atoms with van der Waals surface area (Å²) in [6.45, 7) is -0.143. The predicted octanol–water partition coefficient (Wildman–Crippen LogP) is 3.86. The van der Waals surface area contributed by atoms with E-state index in [0.29, 0.717) is 27.9 Å². The van der Waals surface area contributed by atoms with Crippen molar-refractivity contribution in [1.82, 2.24) is 9.47 Å². The summed E-state index contributed by atoms with van der Waals surface area (Å²) in [6.07, 6.45) is 3.69. The van der Waals surface area contributed by atoms with Gasteiger partial charge in [-0.2, -0.15) is 0 Å². The molecule has 2 amide bonds. The number of hydrogen-bond donors (Lipinski definition) is 1. The van der Waals surface area contributed by atoms with Crippen molar-refractivity contribution in [3.63, 3.8) is 0 Å². The molecule has 0 aliphatic heterocycles. The zero-order valence-electron chi connectivity index (χ0n) is 16.9. The maximum Gasteiger partial charge on any atom is 0.257 e. The second kappa shape index (κ2) is 9.37. The van der Waals surface area contributed by atoms with Crippen LogP contribution in [-0.4, -0.2) is 49.1 Å². The average Bonchev–Trinajstić information content (AvgIpc) is 3.27.